The first kappa shape index (κ1) is 18.4. The lowest BCUT2D eigenvalue weighted by molar-refractivity contribution is -0.119. The van der Waals surface area contributed by atoms with Crippen LogP contribution in [0.3, 0.4) is 0 Å². The van der Waals surface area contributed by atoms with Crippen molar-refractivity contribution in [2.24, 2.45) is 0 Å². The minimum Gasteiger partial charge on any atom is -0.310 e. The SMILES string of the molecule is C.CNC(Cc1cn(CC(NC)C(C)=O)nn1)C(C)=O. The largest absolute Gasteiger partial charge is 0.310 e. The number of carbonyl (C=O) groups is 2. The summed E-state index contributed by atoms with van der Waals surface area (Å²) in [5.41, 5.74) is 0.730. The van der Waals surface area contributed by atoms with Crippen molar-refractivity contribution >= 4 is 11.6 Å². The first-order valence-electron chi connectivity index (χ1n) is 6.22. The molecule has 7 heteroatoms. The summed E-state index contributed by atoms with van der Waals surface area (Å²) in [6.07, 6.45) is 2.26. The molecule has 20 heavy (non-hydrogen) atoms. The van der Waals surface area contributed by atoms with E-state index < -0.39 is 0 Å². The van der Waals surface area contributed by atoms with Crippen LogP contribution in [-0.2, 0) is 22.6 Å². The van der Waals surface area contributed by atoms with E-state index in [1.807, 2.05) is 0 Å². The maximum Gasteiger partial charge on any atom is 0.148 e. The normalized spacial score (nSPS) is 13.4. The van der Waals surface area contributed by atoms with E-state index >= 15 is 0 Å². The number of likely N-dealkylation sites (N-methyl/N-ethyl adjacent to an activating group) is 2. The van der Waals surface area contributed by atoms with Gasteiger partial charge < -0.3 is 10.6 Å². The smallest absolute Gasteiger partial charge is 0.148 e. The average molecular weight is 283 g/mol. The van der Waals surface area contributed by atoms with E-state index in [1.54, 1.807) is 31.9 Å². The molecule has 2 unspecified atom stereocenters. The molecule has 0 fully saturated rings. The van der Waals surface area contributed by atoms with Crippen LogP contribution < -0.4 is 10.6 Å². The van der Waals surface area contributed by atoms with E-state index in [4.69, 9.17) is 0 Å². The number of ketones is 2. The Morgan fingerprint density at radius 1 is 1.20 bits per heavy atom. The molecule has 0 aliphatic heterocycles. The molecule has 1 aromatic heterocycles. The van der Waals surface area contributed by atoms with Crippen molar-refractivity contribution in [2.45, 2.75) is 46.3 Å². The van der Waals surface area contributed by atoms with Crippen LogP contribution in [0.25, 0.3) is 0 Å². The maximum atomic E-state index is 11.3. The summed E-state index contributed by atoms with van der Waals surface area (Å²) in [5.74, 6) is 0.116. The van der Waals surface area contributed by atoms with Gasteiger partial charge in [0.1, 0.15) is 11.6 Å². The van der Waals surface area contributed by atoms with Gasteiger partial charge in [-0.3, -0.25) is 14.3 Å². The van der Waals surface area contributed by atoms with E-state index in [0.29, 0.717) is 13.0 Å². The third-order valence-corrected chi connectivity index (χ3v) is 3.05. The number of hydrogen-bond acceptors (Lipinski definition) is 6. The second-order valence-electron chi connectivity index (χ2n) is 4.54. The number of nitrogens with one attached hydrogen (secondary N) is 2. The number of carbonyl (C=O) groups excluding carboxylic acids is 2. The second-order valence-corrected chi connectivity index (χ2v) is 4.54. The fourth-order valence-corrected chi connectivity index (χ4v) is 1.79. The molecule has 0 saturated carbocycles. The Labute approximate surface area is 120 Å². The number of rotatable bonds is 8. The van der Waals surface area contributed by atoms with Gasteiger partial charge in [-0.15, -0.1) is 5.10 Å². The highest BCUT2D eigenvalue weighted by Gasteiger charge is 2.16. The molecule has 0 amide bonds. The molecular weight excluding hydrogens is 258 g/mol. The fraction of sp³-hybridized carbons (Fsp3) is 0.692. The fourth-order valence-electron chi connectivity index (χ4n) is 1.79. The quantitative estimate of drug-likeness (QED) is 0.687. The first-order chi connectivity index (χ1) is 8.97. The summed E-state index contributed by atoms with van der Waals surface area (Å²) in [7, 11) is 3.47. The second kappa shape index (κ2) is 8.55. The Morgan fingerprint density at radius 2 is 1.75 bits per heavy atom. The van der Waals surface area contributed by atoms with E-state index in [1.165, 1.54) is 6.92 Å². The Bertz CT molecular complexity index is 405. The Kier molecular flexibility index (Phi) is 7.86. The lowest BCUT2D eigenvalue weighted by atomic mass is 10.1. The van der Waals surface area contributed by atoms with E-state index in [9.17, 15) is 9.59 Å². The van der Waals surface area contributed by atoms with Gasteiger partial charge in [-0.25, -0.2) is 0 Å². The third-order valence-electron chi connectivity index (χ3n) is 3.05. The molecule has 0 aliphatic carbocycles. The van der Waals surface area contributed by atoms with Gasteiger partial charge in [-0.1, -0.05) is 12.6 Å². The van der Waals surface area contributed by atoms with Crippen molar-refractivity contribution in [3.63, 3.8) is 0 Å². The highest BCUT2D eigenvalue weighted by Crippen LogP contribution is 2.01. The molecule has 0 bridgehead atoms. The summed E-state index contributed by atoms with van der Waals surface area (Å²) in [4.78, 5) is 22.6. The molecule has 114 valence electrons. The zero-order chi connectivity index (χ0) is 14.4. The van der Waals surface area contributed by atoms with E-state index in [0.717, 1.165) is 5.69 Å². The summed E-state index contributed by atoms with van der Waals surface area (Å²) in [6, 6.07) is -0.527. The average Bonchev–Trinajstić information content (AvgIpc) is 2.79. The Morgan fingerprint density at radius 3 is 2.20 bits per heavy atom. The summed E-state index contributed by atoms with van der Waals surface area (Å²) in [5, 5.41) is 13.8. The first-order valence-corrected chi connectivity index (χ1v) is 6.22. The van der Waals surface area contributed by atoms with Crippen LogP contribution in [0.1, 0.15) is 27.0 Å². The highest BCUT2D eigenvalue weighted by molar-refractivity contribution is 5.81. The third kappa shape index (κ3) is 5.18. The van der Waals surface area contributed by atoms with E-state index in [2.05, 4.69) is 20.9 Å². The number of aromatic nitrogens is 3. The van der Waals surface area contributed by atoms with E-state index in [-0.39, 0.29) is 31.1 Å². The maximum absolute atomic E-state index is 11.3. The van der Waals surface area contributed by atoms with Crippen molar-refractivity contribution < 1.29 is 9.59 Å². The molecule has 1 heterocycles. The molecule has 0 aliphatic rings. The van der Waals surface area contributed by atoms with Gasteiger partial charge in [0.15, 0.2) is 0 Å². The molecule has 2 N–H and O–H groups in total. The molecule has 0 spiro atoms. The van der Waals surface area contributed by atoms with Crippen molar-refractivity contribution in [1.29, 1.82) is 0 Å². The van der Waals surface area contributed by atoms with Crippen LogP contribution in [0.4, 0.5) is 0 Å². The lowest BCUT2D eigenvalue weighted by Crippen LogP contribution is -2.36. The topological polar surface area (TPSA) is 88.9 Å². The minimum atomic E-state index is -0.276. The molecule has 0 aromatic carbocycles. The van der Waals surface area contributed by atoms with Gasteiger partial charge >= 0.3 is 0 Å². The zero-order valence-electron chi connectivity index (χ0n) is 11.8. The summed E-state index contributed by atoms with van der Waals surface area (Å²) >= 11 is 0. The van der Waals surface area contributed by atoms with Gasteiger partial charge in [0.2, 0.25) is 0 Å². The molecule has 0 radical (unpaired) electrons. The van der Waals surface area contributed by atoms with Crippen molar-refractivity contribution in [3.05, 3.63) is 11.9 Å². The van der Waals surface area contributed by atoms with Crippen LogP contribution in [0.2, 0.25) is 0 Å². The van der Waals surface area contributed by atoms with Gasteiger partial charge in [0, 0.05) is 12.6 Å². The molecule has 2 atom stereocenters. The van der Waals surface area contributed by atoms with Gasteiger partial charge in [-0.05, 0) is 27.9 Å². The number of Topliss-reactive ketones (excluding diaryl/α,β-unsaturated/α-hetero) is 2. The predicted octanol–water partition coefficient (Wildman–Crippen LogP) is -0.189. The molecule has 1 rings (SSSR count). The molecule has 7 nitrogen and oxygen atoms in total. The Balaban J connectivity index is 0.00000361. The summed E-state index contributed by atoms with van der Waals surface area (Å²) in [6.45, 7) is 3.51. The zero-order valence-corrected chi connectivity index (χ0v) is 11.8. The standard InChI is InChI=1S/C12H21N5O2.CH4/c1-8(18)11(13-3)5-10-6-17(16-15-10)7-12(14-4)9(2)19;/h6,11-14H,5,7H2,1-4H3;1H4. The lowest BCUT2D eigenvalue weighted by Gasteiger charge is -2.11. The van der Waals surface area contributed by atoms with Crippen LogP contribution in [0, 0.1) is 0 Å². The number of hydrogen-bond donors (Lipinski definition) is 2. The van der Waals surface area contributed by atoms with Crippen LogP contribution in [-0.4, -0.2) is 52.7 Å². The summed E-state index contributed by atoms with van der Waals surface area (Å²) < 4.78 is 1.62. The monoisotopic (exact) mass is 283 g/mol. The van der Waals surface area contributed by atoms with Crippen molar-refractivity contribution in [3.8, 4) is 0 Å². The van der Waals surface area contributed by atoms with Gasteiger partial charge in [0.05, 0.1) is 24.3 Å². The highest BCUT2D eigenvalue weighted by atomic mass is 16.1. The molecule has 0 saturated heterocycles. The van der Waals surface area contributed by atoms with Crippen LogP contribution >= 0.6 is 0 Å². The predicted molar refractivity (Wildman–Crippen MR) is 77.5 cm³/mol. The van der Waals surface area contributed by atoms with Crippen molar-refractivity contribution in [1.82, 2.24) is 25.6 Å². The minimum absolute atomic E-state index is 0. The molecular formula is C13H25N5O2. The van der Waals surface area contributed by atoms with Gasteiger partial charge in [-0.2, -0.15) is 0 Å². The Hall–Kier alpha value is -1.60. The van der Waals surface area contributed by atoms with Gasteiger partial charge in [0.25, 0.3) is 0 Å². The van der Waals surface area contributed by atoms with Crippen LogP contribution in [0.15, 0.2) is 6.20 Å². The number of nitrogens with zero attached hydrogens (tertiary/aromatic N) is 3. The van der Waals surface area contributed by atoms with Crippen LogP contribution in [0.5, 0.6) is 0 Å². The van der Waals surface area contributed by atoms with Crippen molar-refractivity contribution in [2.75, 3.05) is 14.1 Å². The molecule has 1 aromatic rings.